The van der Waals surface area contributed by atoms with E-state index < -0.39 is 28.2 Å². The summed E-state index contributed by atoms with van der Waals surface area (Å²) in [5.41, 5.74) is -2.30. The molecular formula is C15H12INO6. The molecule has 1 aromatic carbocycles. The third-order valence-corrected chi connectivity index (χ3v) is 4.66. The van der Waals surface area contributed by atoms with Crippen LogP contribution in [0.25, 0.3) is 0 Å². The minimum Gasteiger partial charge on any atom is -0.480 e. The number of hydrogen-bond donors (Lipinski definition) is 2. The van der Waals surface area contributed by atoms with Crippen molar-refractivity contribution in [2.24, 2.45) is 5.92 Å². The number of carbonyl (C=O) groups is 2. The van der Waals surface area contributed by atoms with Crippen molar-refractivity contribution in [2.75, 3.05) is 0 Å². The van der Waals surface area contributed by atoms with Crippen molar-refractivity contribution in [1.82, 2.24) is 0 Å². The van der Waals surface area contributed by atoms with Gasteiger partial charge < -0.3 is 10.2 Å². The van der Waals surface area contributed by atoms with Crippen LogP contribution in [0.4, 0.5) is 5.69 Å². The molecule has 2 N–H and O–H groups in total. The monoisotopic (exact) mass is 429 g/mol. The van der Waals surface area contributed by atoms with Gasteiger partial charge in [-0.05, 0) is 34.7 Å². The number of nitro groups is 1. The van der Waals surface area contributed by atoms with E-state index in [4.69, 9.17) is 0 Å². The molecule has 0 spiro atoms. The first-order chi connectivity index (χ1) is 10.7. The molecular weight excluding hydrogens is 417 g/mol. The number of aliphatic carboxylic acids is 2. The van der Waals surface area contributed by atoms with Gasteiger partial charge in [0.05, 0.1) is 10.5 Å². The van der Waals surface area contributed by atoms with Gasteiger partial charge in [-0.1, -0.05) is 25.2 Å². The molecule has 23 heavy (non-hydrogen) atoms. The lowest BCUT2D eigenvalue weighted by Gasteiger charge is -2.35. The largest absolute Gasteiger partial charge is 0.480 e. The molecule has 1 aromatic rings. The number of rotatable bonds is 4. The van der Waals surface area contributed by atoms with Gasteiger partial charge in [0.1, 0.15) is 5.41 Å². The number of carboxylic acid groups (broad SMARTS) is 2. The van der Waals surface area contributed by atoms with E-state index in [0.29, 0.717) is 3.57 Å². The zero-order chi connectivity index (χ0) is 17.4. The van der Waals surface area contributed by atoms with E-state index in [1.165, 1.54) is 37.3 Å². The summed E-state index contributed by atoms with van der Waals surface area (Å²) < 4.78 is 0.583. The maximum Gasteiger partial charge on any atom is 0.331 e. The Hall–Kier alpha value is -2.23. The molecule has 0 fully saturated rings. The maximum atomic E-state index is 12.0. The van der Waals surface area contributed by atoms with Crippen molar-refractivity contribution in [1.29, 1.82) is 0 Å². The smallest absolute Gasteiger partial charge is 0.331 e. The first-order valence-corrected chi connectivity index (χ1v) is 7.60. The van der Waals surface area contributed by atoms with Crippen molar-refractivity contribution in [3.8, 4) is 0 Å². The van der Waals surface area contributed by atoms with E-state index in [1.54, 1.807) is 6.07 Å². The van der Waals surface area contributed by atoms with Crippen molar-refractivity contribution >= 4 is 40.2 Å². The van der Waals surface area contributed by atoms with Crippen LogP contribution >= 0.6 is 22.6 Å². The minimum atomic E-state index is -1.81. The van der Waals surface area contributed by atoms with Gasteiger partial charge >= 0.3 is 11.9 Å². The number of nitrogens with zero attached hydrogens (tertiary/aromatic N) is 1. The predicted octanol–water partition coefficient (Wildman–Crippen LogP) is 2.74. The van der Waals surface area contributed by atoms with Crippen LogP contribution in [0.15, 0.2) is 42.0 Å². The lowest BCUT2D eigenvalue weighted by Crippen LogP contribution is -2.44. The number of allylic oxidation sites excluding steroid dienone is 2. The normalized spacial score (nSPS) is 23.2. The highest BCUT2D eigenvalue weighted by molar-refractivity contribution is 14.1. The van der Waals surface area contributed by atoms with E-state index >= 15 is 0 Å². The third-order valence-electron chi connectivity index (χ3n) is 3.99. The van der Waals surface area contributed by atoms with E-state index in [1.807, 2.05) is 22.6 Å². The predicted molar refractivity (Wildman–Crippen MR) is 89.2 cm³/mol. The Bertz CT molecular complexity index is 769. The van der Waals surface area contributed by atoms with Gasteiger partial charge in [0.25, 0.3) is 5.69 Å². The average molecular weight is 429 g/mol. The second-order valence-electron chi connectivity index (χ2n) is 5.10. The summed E-state index contributed by atoms with van der Waals surface area (Å²) in [4.78, 5) is 34.1. The van der Waals surface area contributed by atoms with Gasteiger partial charge in [-0.3, -0.25) is 14.9 Å². The Morgan fingerprint density at radius 1 is 1.35 bits per heavy atom. The van der Waals surface area contributed by atoms with E-state index in [2.05, 4.69) is 0 Å². The van der Waals surface area contributed by atoms with E-state index in [-0.39, 0.29) is 16.8 Å². The molecule has 2 unspecified atom stereocenters. The molecule has 2 rings (SSSR count). The van der Waals surface area contributed by atoms with Crippen molar-refractivity contribution < 1.29 is 24.7 Å². The number of hydrogen-bond acceptors (Lipinski definition) is 4. The van der Waals surface area contributed by atoms with Crippen molar-refractivity contribution in [2.45, 2.75) is 12.3 Å². The second-order valence-corrected chi connectivity index (χ2v) is 6.35. The third kappa shape index (κ3) is 2.74. The van der Waals surface area contributed by atoms with Crippen LogP contribution in [0.3, 0.4) is 0 Å². The highest BCUT2D eigenvalue weighted by Gasteiger charge is 2.50. The highest BCUT2D eigenvalue weighted by atomic mass is 127. The number of nitro benzene ring substituents is 1. The summed E-state index contributed by atoms with van der Waals surface area (Å²) in [7, 11) is 0. The van der Waals surface area contributed by atoms with Crippen LogP contribution in [-0.2, 0) is 15.0 Å². The maximum absolute atomic E-state index is 12.0. The summed E-state index contributed by atoms with van der Waals surface area (Å²) in [6, 6.07) is 4.21. The molecule has 2 atom stereocenters. The van der Waals surface area contributed by atoms with Gasteiger partial charge in [-0.25, -0.2) is 4.79 Å². The summed E-state index contributed by atoms with van der Waals surface area (Å²) >= 11 is 1.89. The van der Waals surface area contributed by atoms with Crippen LogP contribution < -0.4 is 0 Å². The lowest BCUT2D eigenvalue weighted by atomic mass is 9.65. The molecule has 120 valence electrons. The van der Waals surface area contributed by atoms with Crippen LogP contribution in [0.2, 0.25) is 0 Å². The second kappa shape index (κ2) is 6.11. The zero-order valence-electron chi connectivity index (χ0n) is 11.9. The molecule has 0 radical (unpaired) electrons. The Morgan fingerprint density at radius 3 is 2.52 bits per heavy atom. The van der Waals surface area contributed by atoms with Gasteiger partial charge in [0, 0.05) is 21.1 Å². The fraction of sp³-hybridized carbons (Fsp3) is 0.200. The fourth-order valence-corrected chi connectivity index (χ4v) is 3.27. The summed E-state index contributed by atoms with van der Waals surface area (Å²) in [6.45, 7) is 1.44. The zero-order valence-corrected chi connectivity index (χ0v) is 14.1. The molecule has 0 bridgehead atoms. The van der Waals surface area contributed by atoms with Gasteiger partial charge in [-0.2, -0.15) is 0 Å². The SMILES string of the molecule is CC1C(C(=O)O)=CC=CC1(C(=O)O)c1ccc(I)cc1[N+](=O)[O-]. The lowest BCUT2D eigenvalue weighted by molar-refractivity contribution is -0.386. The molecule has 1 aliphatic rings. The molecule has 0 aliphatic heterocycles. The van der Waals surface area contributed by atoms with Crippen LogP contribution in [0.5, 0.6) is 0 Å². The Labute approximate surface area is 144 Å². The summed E-state index contributed by atoms with van der Waals surface area (Å²) in [6.07, 6.45) is 3.94. The van der Waals surface area contributed by atoms with E-state index in [0.717, 1.165) is 0 Å². The minimum absolute atomic E-state index is 0.0361. The number of benzene rings is 1. The van der Waals surface area contributed by atoms with Crippen LogP contribution in [-0.4, -0.2) is 27.1 Å². The Balaban J connectivity index is 2.78. The van der Waals surface area contributed by atoms with Crippen molar-refractivity contribution in [3.63, 3.8) is 0 Å². The molecule has 0 saturated heterocycles. The molecule has 1 aliphatic carbocycles. The molecule has 0 amide bonds. The standard InChI is InChI=1S/C15H12INO6/c1-8-10(13(18)19)3-2-6-15(8,14(20)21)11-5-4-9(16)7-12(11)17(22)23/h2-8H,1H3,(H,18,19)(H,20,21). The topological polar surface area (TPSA) is 118 Å². The molecule has 0 heterocycles. The van der Waals surface area contributed by atoms with Gasteiger partial charge in [0.15, 0.2) is 0 Å². The number of halogens is 1. The van der Waals surface area contributed by atoms with Crippen LogP contribution in [0, 0.1) is 19.6 Å². The van der Waals surface area contributed by atoms with Gasteiger partial charge in [0.2, 0.25) is 0 Å². The molecule has 8 heteroatoms. The van der Waals surface area contributed by atoms with E-state index in [9.17, 15) is 29.9 Å². The first-order valence-electron chi connectivity index (χ1n) is 6.52. The molecule has 0 saturated carbocycles. The first kappa shape index (κ1) is 17.1. The van der Waals surface area contributed by atoms with Crippen molar-refractivity contribution in [3.05, 3.63) is 61.2 Å². The quantitative estimate of drug-likeness (QED) is 0.432. The number of carboxylic acids is 2. The summed E-state index contributed by atoms with van der Waals surface area (Å²) in [5, 5.41) is 30.4. The fourth-order valence-electron chi connectivity index (χ4n) is 2.79. The molecule has 7 nitrogen and oxygen atoms in total. The Kier molecular flexibility index (Phi) is 4.55. The Morgan fingerprint density at radius 2 is 2.00 bits per heavy atom. The summed E-state index contributed by atoms with van der Waals surface area (Å²) in [5.74, 6) is -3.56. The van der Waals surface area contributed by atoms with Crippen LogP contribution in [0.1, 0.15) is 12.5 Å². The molecule has 0 aromatic heterocycles. The highest BCUT2D eigenvalue weighted by Crippen LogP contribution is 2.44. The van der Waals surface area contributed by atoms with Gasteiger partial charge in [-0.15, -0.1) is 0 Å². The average Bonchev–Trinajstić information content (AvgIpc) is 2.47.